The molecule has 0 radical (unpaired) electrons. The summed E-state index contributed by atoms with van der Waals surface area (Å²) in [5, 5.41) is 8.72. The van der Waals surface area contributed by atoms with Gasteiger partial charge in [0, 0.05) is 6.42 Å². The Morgan fingerprint density at radius 1 is 1.33 bits per heavy atom. The van der Waals surface area contributed by atoms with Crippen molar-refractivity contribution < 1.29 is 19.4 Å². The summed E-state index contributed by atoms with van der Waals surface area (Å²) >= 11 is 0. The van der Waals surface area contributed by atoms with E-state index in [1.54, 1.807) is 12.1 Å². The lowest BCUT2D eigenvalue weighted by Gasteiger charge is -2.03. The fourth-order valence-electron chi connectivity index (χ4n) is 1.69. The maximum absolute atomic E-state index is 11.4. The van der Waals surface area contributed by atoms with Crippen LogP contribution in [-0.2, 0) is 14.3 Å². The molecule has 1 saturated heterocycles. The molecular weight excluding hydrogens is 196 g/mol. The Kier molecular flexibility index (Phi) is 2.41. The number of rotatable bonds is 2. The van der Waals surface area contributed by atoms with Crippen LogP contribution in [0.15, 0.2) is 30.3 Å². The molecule has 0 saturated carbocycles. The average molecular weight is 206 g/mol. The van der Waals surface area contributed by atoms with Gasteiger partial charge in [0.1, 0.15) is 0 Å². The number of esters is 1. The molecule has 78 valence electrons. The lowest BCUT2D eigenvalue weighted by Crippen LogP contribution is -2.18. The summed E-state index contributed by atoms with van der Waals surface area (Å²) in [6.45, 7) is 0. The molecule has 4 heteroatoms. The number of carbonyl (C=O) groups excluding carboxylic acids is 1. The van der Waals surface area contributed by atoms with Gasteiger partial charge in [-0.1, -0.05) is 30.3 Å². The largest absolute Gasteiger partial charge is 0.479 e. The van der Waals surface area contributed by atoms with E-state index in [0.717, 1.165) is 5.56 Å². The summed E-state index contributed by atoms with van der Waals surface area (Å²) < 4.78 is 4.75. The topological polar surface area (TPSA) is 63.6 Å². The van der Waals surface area contributed by atoms with E-state index in [1.165, 1.54) is 0 Å². The number of hydrogen-bond acceptors (Lipinski definition) is 3. The van der Waals surface area contributed by atoms with Crippen LogP contribution in [0, 0.1) is 0 Å². The first-order valence-corrected chi connectivity index (χ1v) is 4.66. The Bertz CT molecular complexity index is 385. The molecule has 0 amide bonds. The average Bonchev–Trinajstić information content (AvgIpc) is 2.62. The third kappa shape index (κ3) is 1.83. The number of cyclic esters (lactones) is 1. The van der Waals surface area contributed by atoms with Crippen molar-refractivity contribution in [3.05, 3.63) is 35.9 Å². The summed E-state index contributed by atoms with van der Waals surface area (Å²) in [6, 6.07) is 9.08. The van der Waals surface area contributed by atoms with Gasteiger partial charge in [0.25, 0.3) is 0 Å². The molecular formula is C11H10O4. The molecule has 1 aromatic rings. The van der Waals surface area contributed by atoms with E-state index in [4.69, 9.17) is 9.84 Å². The quantitative estimate of drug-likeness (QED) is 0.738. The van der Waals surface area contributed by atoms with Crippen molar-refractivity contribution in [3.8, 4) is 0 Å². The highest BCUT2D eigenvalue weighted by atomic mass is 16.6. The van der Waals surface area contributed by atoms with Crippen LogP contribution in [0.2, 0.25) is 0 Å². The molecule has 0 spiro atoms. The Morgan fingerprint density at radius 2 is 2.00 bits per heavy atom. The Morgan fingerprint density at radius 3 is 2.53 bits per heavy atom. The first kappa shape index (κ1) is 9.71. The highest BCUT2D eigenvalue weighted by molar-refractivity contribution is 5.86. The summed E-state index contributed by atoms with van der Waals surface area (Å²) in [7, 11) is 0. The fraction of sp³-hybridized carbons (Fsp3) is 0.273. The molecule has 0 aliphatic carbocycles. The van der Waals surface area contributed by atoms with Crippen LogP contribution in [0.25, 0.3) is 0 Å². The van der Waals surface area contributed by atoms with Gasteiger partial charge in [-0.3, -0.25) is 4.79 Å². The highest BCUT2D eigenvalue weighted by Crippen LogP contribution is 2.30. The molecule has 1 heterocycles. The number of aliphatic carboxylic acids is 1. The Labute approximate surface area is 86.5 Å². The third-order valence-corrected chi connectivity index (χ3v) is 2.47. The standard InChI is InChI=1S/C11H10O4/c12-10(13)9-6-8(11(14)15-9)7-4-2-1-3-5-7/h1-5,8-9H,6H2,(H,12,13)/t8-,9-/m1/s1. The van der Waals surface area contributed by atoms with E-state index in [9.17, 15) is 9.59 Å². The van der Waals surface area contributed by atoms with E-state index in [1.807, 2.05) is 18.2 Å². The second kappa shape index (κ2) is 3.73. The summed E-state index contributed by atoms with van der Waals surface area (Å²) in [4.78, 5) is 22.1. The van der Waals surface area contributed by atoms with Crippen LogP contribution in [0.1, 0.15) is 17.9 Å². The monoisotopic (exact) mass is 206 g/mol. The van der Waals surface area contributed by atoms with Crippen LogP contribution in [0.5, 0.6) is 0 Å². The molecule has 1 N–H and O–H groups in total. The predicted molar refractivity (Wildman–Crippen MR) is 51.3 cm³/mol. The Balaban J connectivity index is 2.19. The van der Waals surface area contributed by atoms with Gasteiger partial charge < -0.3 is 9.84 Å². The van der Waals surface area contributed by atoms with Gasteiger partial charge in [0.15, 0.2) is 6.10 Å². The van der Waals surface area contributed by atoms with E-state index in [0.29, 0.717) is 0 Å². The van der Waals surface area contributed by atoms with Gasteiger partial charge in [0.2, 0.25) is 0 Å². The minimum absolute atomic E-state index is 0.220. The molecule has 2 rings (SSSR count). The van der Waals surface area contributed by atoms with Gasteiger partial charge >= 0.3 is 11.9 Å². The van der Waals surface area contributed by atoms with Gasteiger partial charge in [-0.2, -0.15) is 0 Å². The summed E-state index contributed by atoms with van der Waals surface area (Å²) in [6.07, 6.45) is -0.777. The van der Waals surface area contributed by atoms with Crippen molar-refractivity contribution in [2.45, 2.75) is 18.4 Å². The smallest absolute Gasteiger partial charge is 0.345 e. The molecule has 0 unspecified atom stereocenters. The molecule has 1 aromatic carbocycles. The second-order valence-corrected chi connectivity index (χ2v) is 3.46. The molecule has 1 aliphatic heterocycles. The first-order chi connectivity index (χ1) is 7.18. The zero-order valence-corrected chi connectivity index (χ0v) is 7.92. The van der Waals surface area contributed by atoms with Crippen LogP contribution in [-0.4, -0.2) is 23.1 Å². The molecule has 1 fully saturated rings. The number of carbonyl (C=O) groups is 2. The minimum atomic E-state index is -1.08. The predicted octanol–water partition coefficient (Wildman–Crippen LogP) is 1.17. The third-order valence-electron chi connectivity index (χ3n) is 2.47. The molecule has 15 heavy (non-hydrogen) atoms. The van der Waals surface area contributed by atoms with Crippen LogP contribution >= 0.6 is 0 Å². The zero-order valence-electron chi connectivity index (χ0n) is 7.92. The maximum Gasteiger partial charge on any atom is 0.345 e. The zero-order chi connectivity index (χ0) is 10.8. The van der Waals surface area contributed by atoms with Gasteiger partial charge in [-0.25, -0.2) is 4.79 Å². The van der Waals surface area contributed by atoms with E-state index >= 15 is 0 Å². The van der Waals surface area contributed by atoms with Gasteiger partial charge in [0.05, 0.1) is 5.92 Å². The van der Waals surface area contributed by atoms with Crippen molar-refractivity contribution in [1.82, 2.24) is 0 Å². The van der Waals surface area contributed by atoms with E-state index < -0.39 is 24.0 Å². The SMILES string of the molecule is O=C(O)[C@H]1C[C@H](c2ccccc2)C(=O)O1. The van der Waals surface area contributed by atoms with Crippen molar-refractivity contribution in [3.63, 3.8) is 0 Å². The minimum Gasteiger partial charge on any atom is -0.479 e. The van der Waals surface area contributed by atoms with E-state index in [-0.39, 0.29) is 6.42 Å². The molecule has 0 bridgehead atoms. The highest BCUT2D eigenvalue weighted by Gasteiger charge is 2.39. The summed E-state index contributed by atoms with van der Waals surface area (Å²) in [5.74, 6) is -1.97. The van der Waals surface area contributed by atoms with Crippen LogP contribution in [0.4, 0.5) is 0 Å². The number of carboxylic acid groups (broad SMARTS) is 1. The second-order valence-electron chi connectivity index (χ2n) is 3.46. The molecule has 1 aliphatic rings. The molecule has 2 atom stereocenters. The van der Waals surface area contributed by atoms with Crippen molar-refractivity contribution >= 4 is 11.9 Å². The lowest BCUT2D eigenvalue weighted by molar-refractivity contribution is -0.157. The van der Waals surface area contributed by atoms with Crippen molar-refractivity contribution in [2.75, 3.05) is 0 Å². The lowest BCUT2D eigenvalue weighted by atomic mass is 9.96. The van der Waals surface area contributed by atoms with Gasteiger partial charge in [-0.05, 0) is 5.56 Å². The van der Waals surface area contributed by atoms with E-state index in [2.05, 4.69) is 0 Å². The number of hydrogen-bond donors (Lipinski definition) is 1. The van der Waals surface area contributed by atoms with Crippen LogP contribution in [0.3, 0.4) is 0 Å². The summed E-state index contributed by atoms with van der Waals surface area (Å²) in [5.41, 5.74) is 0.811. The van der Waals surface area contributed by atoms with Crippen molar-refractivity contribution in [1.29, 1.82) is 0 Å². The normalized spacial score (nSPS) is 24.9. The van der Waals surface area contributed by atoms with Crippen molar-refractivity contribution in [2.24, 2.45) is 0 Å². The number of ether oxygens (including phenoxy) is 1. The molecule has 4 nitrogen and oxygen atoms in total. The van der Waals surface area contributed by atoms with Gasteiger partial charge in [-0.15, -0.1) is 0 Å². The fourth-order valence-corrected chi connectivity index (χ4v) is 1.69. The van der Waals surface area contributed by atoms with Crippen LogP contribution < -0.4 is 0 Å². The number of carboxylic acids is 1. The molecule has 0 aromatic heterocycles. The Hall–Kier alpha value is -1.84. The maximum atomic E-state index is 11.4. The number of benzene rings is 1. The first-order valence-electron chi connectivity index (χ1n) is 4.66.